The molecule has 0 bridgehead atoms. The Kier molecular flexibility index (Phi) is 15.8. The van der Waals surface area contributed by atoms with E-state index in [1.165, 1.54) is 82.1 Å². The van der Waals surface area contributed by atoms with E-state index in [0.717, 1.165) is 35.9 Å². The lowest BCUT2D eigenvalue weighted by Gasteiger charge is -2.24. The second kappa shape index (κ2) is 17.4. The first-order valence-corrected chi connectivity index (χ1v) is 13.5. The molecule has 188 valence electrons. The number of carbonyl (C=O) groups excluding carboxylic acids is 2. The van der Waals surface area contributed by atoms with Crippen LogP contribution in [0.2, 0.25) is 0 Å². The number of amides is 1. The van der Waals surface area contributed by atoms with Gasteiger partial charge in [-0.3, -0.25) is 9.59 Å². The largest absolute Gasteiger partial charge is 0.471 e. The molecule has 1 aromatic rings. The molecule has 0 unspecified atom stereocenters. The Balaban J connectivity index is 2.23. The first-order chi connectivity index (χ1) is 15.8. The molecule has 0 aliphatic rings. The standard InChI is InChI=1S/C25H36BrClF3NO2/c26-19-13-11-9-7-5-3-1-2-4-6-8-10-12-14-20-31(24(33)25(28,29)30)22-17-15-21(16-18-22)23(27)32/h15-18H,1-14,19-20H2. The van der Waals surface area contributed by atoms with Crippen LogP contribution in [0.3, 0.4) is 0 Å². The van der Waals surface area contributed by atoms with Crippen molar-refractivity contribution in [1.82, 2.24) is 0 Å². The van der Waals surface area contributed by atoms with Crippen molar-refractivity contribution in [2.24, 2.45) is 0 Å². The van der Waals surface area contributed by atoms with Gasteiger partial charge < -0.3 is 4.90 Å². The van der Waals surface area contributed by atoms with Crippen molar-refractivity contribution in [3.8, 4) is 0 Å². The number of unbranched alkanes of at least 4 members (excludes halogenated alkanes) is 13. The third-order valence-electron chi connectivity index (χ3n) is 5.66. The van der Waals surface area contributed by atoms with Crippen LogP contribution >= 0.6 is 27.5 Å². The summed E-state index contributed by atoms with van der Waals surface area (Å²) in [6, 6.07) is 5.29. The molecule has 0 aromatic heterocycles. The first kappa shape index (κ1) is 30.0. The maximum Gasteiger partial charge on any atom is 0.471 e. The van der Waals surface area contributed by atoms with Crippen molar-refractivity contribution in [3.05, 3.63) is 29.8 Å². The van der Waals surface area contributed by atoms with E-state index in [1.54, 1.807) is 0 Å². The van der Waals surface area contributed by atoms with Crippen molar-refractivity contribution in [1.29, 1.82) is 0 Å². The highest BCUT2D eigenvalue weighted by Gasteiger charge is 2.42. The summed E-state index contributed by atoms with van der Waals surface area (Å²) in [5.74, 6) is -1.89. The fourth-order valence-electron chi connectivity index (χ4n) is 3.76. The average Bonchev–Trinajstić information content (AvgIpc) is 2.78. The Bertz CT molecular complexity index is 683. The lowest BCUT2D eigenvalue weighted by atomic mass is 10.0. The molecule has 3 nitrogen and oxygen atoms in total. The Labute approximate surface area is 209 Å². The van der Waals surface area contributed by atoms with E-state index in [1.807, 2.05) is 0 Å². The summed E-state index contributed by atoms with van der Waals surface area (Å²) in [6.07, 6.45) is 11.1. The Morgan fingerprint density at radius 3 is 1.48 bits per heavy atom. The zero-order valence-corrected chi connectivity index (χ0v) is 21.6. The molecule has 0 aliphatic heterocycles. The molecule has 1 aromatic carbocycles. The van der Waals surface area contributed by atoms with E-state index in [0.29, 0.717) is 6.42 Å². The highest BCUT2D eigenvalue weighted by atomic mass is 79.9. The molecule has 0 heterocycles. The van der Waals surface area contributed by atoms with Gasteiger partial charge in [0.15, 0.2) is 0 Å². The van der Waals surface area contributed by atoms with Crippen LogP contribution in [-0.2, 0) is 4.79 Å². The second-order valence-electron chi connectivity index (χ2n) is 8.41. The van der Waals surface area contributed by atoms with Crippen LogP contribution in [0, 0.1) is 0 Å². The predicted octanol–water partition coefficient (Wildman–Crippen LogP) is 8.82. The summed E-state index contributed by atoms with van der Waals surface area (Å²) in [5.41, 5.74) is 0.284. The van der Waals surface area contributed by atoms with Gasteiger partial charge in [-0.1, -0.05) is 93.0 Å². The lowest BCUT2D eigenvalue weighted by Crippen LogP contribution is -2.41. The van der Waals surface area contributed by atoms with Gasteiger partial charge in [-0.05, 0) is 48.7 Å². The smallest absolute Gasteiger partial charge is 0.305 e. The van der Waals surface area contributed by atoms with Gasteiger partial charge >= 0.3 is 12.1 Å². The third-order valence-corrected chi connectivity index (χ3v) is 6.44. The van der Waals surface area contributed by atoms with Crippen molar-refractivity contribution >= 4 is 44.4 Å². The predicted molar refractivity (Wildman–Crippen MR) is 133 cm³/mol. The van der Waals surface area contributed by atoms with Crippen LogP contribution in [0.25, 0.3) is 0 Å². The third kappa shape index (κ3) is 13.4. The topological polar surface area (TPSA) is 37.4 Å². The van der Waals surface area contributed by atoms with Gasteiger partial charge in [0.1, 0.15) is 0 Å². The molecule has 0 atom stereocenters. The molecule has 1 amide bonds. The Morgan fingerprint density at radius 2 is 1.12 bits per heavy atom. The number of benzene rings is 1. The maximum atomic E-state index is 13.0. The molecule has 1 rings (SSSR count). The van der Waals surface area contributed by atoms with Gasteiger partial charge in [0.2, 0.25) is 0 Å². The normalized spacial score (nSPS) is 11.5. The van der Waals surface area contributed by atoms with Gasteiger partial charge in [-0.25, -0.2) is 0 Å². The average molecular weight is 555 g/mol. The summed E-state index contributed by atoms with van der Waals surface area (Å²) in [4.78, 5) is 23.8. The van der Waals surface area contributed by atoms with Gasteiger partial charge in [0.25, 0.3) is 5.24 Å². The van der Waals surface area contributed by atoms with Gasteiger partial charge in [-0.15, -0.1) is 0 Å². The van der Waals surface area contributed by atoms with Crippen LogP contribution < -0.4 is 4.90 Å². The van der Waals surface area contributed by atoms with Crippen molar-refractivity contribution in [3.63, 3.8) is 0 Å². The van der Waals surface area contributed by atoms with E-state index in [4.69, 9.17) is 11.6 Å². The van der Waals surface area contributed by atoms with Crippen molar-refractivity contribution < 1.29 is 22.8 Å². The number of anilines is 1. The van der Waals surface area contributed by atoms with Gasteiger partial charge in [-0.2, -0.15) is 13.2 Å². The summed E-state index contributed by atoms with van der Waals surface area (Å²) in [6.45, 7) is -0.0118. The van der Waals surface area contributed by atoms with Crippen molar-refractivity contribution in [2.45, 2.75) is 96.1 Å². The number of carbonyl (C=O) groups is 2. The Morgan fingerprint density at radius 1 is 0.727 bits per heavy atom. The molecule has 0 fully saturated rings. The second-order valence-corrected chi connectivity index (χ2v) is 9.55. The number of nitrogens with zero attached hydrogens (tertiary/aromatic N) is 1. The zero-order chi connectivity index (χ0) is 24.5. The molecule has 0 N–H and O–H groups in total. The minimum Gasteiger partial charge on any atom is -0.305 e. The zero-order valence-electron chi connectivity index (χ0n) is 19.3. The molecule has 8 heteroatoms. The quantitative estimate of drug-likeness (QED) is 0.103. The van der Waals surface area contributed by atoms with E-state index >= 15 is 0 Å². The molecule has 0 saturated carbocycles. The van der Waals surface area contributed by atoms with Gasteiger partial charge in [0, 0.05) is 23.1 Å². The highest BCUT2D eigenvalue weighted by Crippen LogP contribution is 2.25. The van der Waals surface area contributed by atoms with E-state index in [9.17, 15) is 22.8 Å². The first-order valence-electron chi connectivity index (χ1n) is 12.0. The van der Waals surface area contributed by atoms with Crippen LogP contribution in [0.1, 0.15) is 100 Å². The monoisotopic (exact) mass is 553 g/mol. The Hall–Kier alpha value is -1.08. The summed E-state index contributed by atoms with van der Waals surface area (Å²) >= 11 is 8.83. The SMILES string of the molecule is O=C(Cl)c1ccc(N(CCCCCCCCCCCCCCCCBr)C(=O)C(F)(F)F)cc1. The summed E-state index contributed by atoms with van der Waals surface area (Å²) < 4.78 is 39.1. The van der Waals surface area contributed by atoms with Crippen LogP contribution in [0.5, 0.6) is 0 Å². The molecular formula is C25H36BrClF3NO2. The van der Waals surface area contributed by atoms with E-state index in [-0.39, 0.29) is 17.8 Å². The molecule has 0 saturated heterocycles. The lowest BCUT2D eigenvalue weighted by molar-refractivity contribution is -0.170. The van der Waals surface area contributed by atoms with Crippen LogP contribution in [-0.4, -0.2) is 29.2 Å². The van der Waals surface area contributed by atoms with Crippen LogP contribution in [0.4, 0.5) is 18.9 Å². The number of rotatable bonds is 18. The number of alkyl halides is 4. The van der Waals surface area contributed by atoms with Crippen LogP contribution in [0.15, 0.2) is 24.3 Å². The van der Waals surface area contributed by atoms with Gasteiger partial charge in [0.05, 0.1) is 0 Å². The fourth-order valence-corrected chi connectivity index (χ4v) is 4.28. The van der Waals surface area contributed by atoms with Crippen molar-refractivity contribution in [2.75, 3.05) is 16.8 Å². The molecule has 0 aliphatic carbocycles. The summed E-state index contributed by atoms with van der Waals surface area (Å²) in [5, 5.41) is 0.402. The van der Waals surface area contributed by atoms with E-state index < -0.39 is 17.3 Å². The molecule has 0 radical (unpaired) electrons. The molecule has 33 heavy (non-hydrogen) atoms. The molecular weight excluding hydrogens is 519 g/mol. The fraction of sp³-hybridized carbons (Fsp3) is 0.680. The highest BCUT2D eigenvalue weighted by molar-refractivity contribution is 9.09. The summed E-state index contributed by atoms with van der Waals surface area (Å²) in [7, 11) is 0. The minimum absolute atomic E-state index is 0.0118. The number of halogens is 5. The molecule has 0 spiro atoms. The number of hydrogen-bond donors (Lipinski definition) is 0. The van der Waals surface area contributed by atoms with E-state index in [2.05, 4.69) is 15.9 Å². The minimum atomic E-state index is -4.95. The number of hydrogen-bond acceptors (Lipinski definition) is 2. The maximum absolute atomic E-state index is 13.0.